The highest BCUT2D eigenvalue weighted by atomic mass is 16.1. The van der Waals surface area contributed by atoms with Crippen LogP contribution in [-0.2, 0) is 0 Å². The maximum absolute atomic E-state index is 12.0. The molecule has 0 saturated carbocycles. The van der Waals surface area contributed by atoms with Crippen molar-refractivity contribution < 1.29 is 4.79 Å². The first kappa shape index (κ1) is 16.7. The summed E-state index contributed by atoms with van der Waals surface area (Å²) in [6.07, 6.45) is 10.4. The monoisotopic (exact) mass is 275 g/mol. The number of nitrogens with one attached hydrogen (secondary N) is 1. The van der Waals surface area contributed by atoms with Crippen molar-refractivity contribution in [3.05, 3.63) is 35.4 Å². The molecule has 2 nitrogen and oxygen atoms in total. The lowest BCUT2D eigenvalue weighted by Gasteiger charge is -2.07. The molecule has 1 aromatic rings. The minimum Gasteiger partial charge on any atom is -0.352 e. The minimum absolute atomic E-state index is 0.0612. The van der Waals surface area contributed by atoms with E-state index in [2.05, 4.69) is 12.2 Å². The number of aryl methyl sites for hydroxylation is 1. The number of amides is 1. The van der Waals surface area contributed by atoms with Gasteiger partial charge >= 0.3 is 0 Å². The zero-order valence-electron chi connectivity index (χ0n) is 13.1. The molecule has 0 aliphatic carbocycles. The molecule has 112 valence electrons. The Morgan fingerprint density at radius 2 is 1.55 bits per heavy atom. The van der Waals surface area contributed by atoms with Crippen LogP contribution in [-0.4, -0.2) is 12.5 Å². The summed E-state index contributed by atoms with van der Waals surface area (Å²) >= 11 is 0. The molecule has 0 aromatic heterocycles. The Morgan fingerprint density at radius 1 is 0.950 bits per heavy atom. The molecule has 0 radical (unpaired) electrons. The molecular weight excluding hydrogens is 246 g/mol. The Bertz CT molecular complexity index is 387. The van der Waals surface area contributed by atoms with E-state index < -0.39 is 0 Å². The molecule has 1 N–H and O–H groups in total. The number of hydrogen-bond donors (Lipinski definition) is 1. The predicted molar refractivity (Wildman–Crippen MR) is 86.1 cm³/mol. The van der Waals surface area contributed by atoms with E-state index in [-0.39, 0.29) is 5.91 Å². The lowest BCUT2D eigenvalue weighted by Crippen LogP contribution is -2.25. The number of carbonyl (C=O) groups excluding carboxylic acids is 1. The SMILES string of the molecule is CCCCCCCCCCNC(=O)c1ccccc1C. The molecule has 0 saturated heterocycles. The standard InChI is InChI=1S/C18H29NO/c1-3-4-5-6-7-8-9-12-15-19-18(20)17-14-11-10-13-16(17)2/h10-11,13-14H,3-9,12,15H2,1-2H3,(H,19,20). The number of carbonyl (C=O) groups is 1. The van der Waals surface area contributed by atoms with Crippen molar-refractivity contribution >= 4 is 5.91 Å². The summed E-state index contributed by atoms with van der Waals surface area (Å²) in [6, 6.07) is 7.74. The fourth-order valence-corrected chi connectivity index (χ4v) is 2.38. The van der Waals surface area contributed by atoms with Crippen molar-refractivity contribution in [3.8, 4) is 0 Å². The van der Waals surface area contributed by atoms with E-state index in [1.807, 2.05) is 31.2 Å². The van der Waals surface area contributed by atoms with Gasteiger partial charge in [0, 0.05) is 12.1 Å². The topological polar surface area (TPSA) is 29.1 Å². The van der Waals surface area contributed by atoms with Gasteiger partial charge in [-0.3, -0.25) is 4.79 Å². The first-order valence-corrected chi connectivity index (χ1v) is 8.09. The summed E-state index contributed by atoms with van der Waals surface area (Å²) in [5.41, 5.74) is 1.84. The zero-order chi connectivity index (χ0) is 14.6. The van der Waals surface area contributed by atoms with Gasteiger partial charge < -0.3 is 5.32 Å². The lowest BCUT2D eigenvalue weighted by atomic mass is 10.1. The van der Waals surface area contributed by atoms with Gasteiger partial charge in [-0.15, -0.1) is 0 Å². The molecule has 0 unspecified atom stereocenters. The van der Waals surface area contributed by atoms with Gasteiger partial charge in [-0.2, -0.15) is 0 Å². The summed E-state index contributed by atoms with van der Waals surface area (Å²) in [5, 5.41) is 3.01. The second-order valence-electron chi connectivity index (χ2n) is 5.55. The molecule has 0 spiro atoms. The van der Waals surface area contributed by atoms with Crippen LogP contribution in [0.1, 0.15) is 74.2 Å². The molecule has 0 atom stereocenters. The summed E-state index contributed by atoms with van der Waals surface area (Å²) in [6.45, 7) is 5.02. The van der Waals surface area contributed by atoms with Crippen LogP contribution >= 0.6 is 0 Å². The Labute approximate surface area is 124 Å². The van der Waals surface area contributed by atoms with Crippen LogP contribution in [0.2, 0.25) is 0 Å². The van der Waals surface area contributed by atoms with Gasteiger partial charge in [-0.25, -0.2) is 0 Å². The van der Waals surface area contributed by atoms with Crippen LogP contribution in [0.25, 0.3) is 0 Å². The summed E-state index contributed by atoms with van der Waals surface area (Å²) in [5.74, 6) is 0.0612. The molecule has 0 bridgehead atoms. The maximum atomic E-state index is 12.0. The second kappa shape index (κ2) is 10.5. The van der Waals surface area contributed by atoms with Gasteiger partial charge in [0.25, 0.3) is 5.91 Å². The number of rotatable bonds is 10. The Hall–Kier alpha value is -1.31. The first-order chi connectivity index (χ1) is 9.75. The van der Waals surface area contributed by atoms with Gasteiger partial charge in [-0.05, 0) is 25.0 Å². The first-order valence-electron chi connectivity index (χ1n) is 8.09. The van der Waals surface area contributed by atoms with E-state index >= 15 is 0 Å². The Kier molecular flexibility index (Phi) is 8.77. The molecule has 1 aromatic carbocycles. The fourth-order valence-electron chi connectivity index (χ4n) is 2.38. The normalized spacial score (nSPS) is 10.5. The molecular formula is C18H29NO. The fraction of sp³-hybridized carbons (Fsp3) is 0.611. The van der Waals surface area contributed by atoms with Gasteiger partial charge in [0.1, 0.15) is 0 Å². The average Bonchev–Trinajstić information content (AvgIpc) is 2.46. The van der Waals surface area contributed by atoms with Crippen molar-refractivity contribution in [3.63, 3.8) is 0 Å². The number of benzene rings is 1. The largest absolute Gasteiger partial charge is 0.352 e. The van der Waals surface area contributed by atoms with E-state index in [9.17, 15) is 4.79 Å². The van der Waals surface area contributed by atoms with Crippen LogP contribution < -0.4 is 5.32 Å². The van der Waals surface area contributed by atoms with E-state index in [1.54, 1.807) is 0 Å². The highest BCUT2D eigenvalue weighted by molar-refractivity contribution is 5.95. The lowest BCUT2D eigenvalue weighted by molar-refractivity contribution is 0.0952. The van der Waals surface area contributed by atoms with E-state index in [0.29, 0.717) is 0 Å². The van der Waals surface area contributed by atoms with Gasteiger partial charge in [0.15, 0.2) is 0 Å². The smallest absolute Gasteiger partial charge is 0.251 e. The molecule has 1 amide bonds. The third-order valence-electron chi connectivity index (χ3n) is 3.71. The Balaban J connectivity index is 2.04. The van der Waals surface area contributed by atoms with E-state index in [0.717, 1.165) is 24.1 Å². The third-order valence-corrected chi connectivity index (χ3v) is 3.71. The van der Waals surface area contributed by atoms with Gasteiger partial charge in [0.05, 0.1) is 0 Å². The van der Waals surface area contributed by atoms with Crippen LogP contribution in [0.15, 0.2) is 24.3 Å². The molecule has 0 aliphatic rings. The summed E-state index contributed by atoms with van der Waals surface area (Å²) < 4.78 is 0. The summed E-state index contributed by atoms with van der Waals surface area (Å²) in [7, 11) is 0. The van der Waals surface area contributed by atoms with Crippen molar-refractivity contribution in [2.24, 2.45) is 0 Å². The van der Waals surface area contributed by atoms with Crippen molar-refractivity contribution in [2.45, 2.75) is 65.2 Å². The average molecular weight is 275 g/mol. The van der Waals surface area contributed by atoms with Gasteiger partial charge in [0.2, 0.25) is 0 Å². The highest BCUT2D eigenvalue weighted by Gasteiger charge is 2.06. The molecule has 0 fully saturated rings. The van der Waals surface area contributed by atoms with Crippen molar-refractivity contribution in [1.29, 1.82) is 0 Å². The molecule has 20 heavy (non-hydrogen) atoms. The molecule has 0 heterocycles. The number of hydrogen-bond acceptors (Lipinski definition) is 1. The highest BCUT2D eigenvalue weighted by Crippen LogP contribution is 2.09. The Morgan fingerprint density at radius 3 is 2.20 bits per heavy atom. The summed E-state index contributed by atoms with van der Waals surface area (Å²) in [4.78, 5) is 12.0. The van der Waals surface area contributed by atoms with E-state index in [1.165, 1.54) is 44.9 Å². The van der Waals surface area contributed by atoms with Crippen LogP contribution in [0.3, 0.4) is 0 Å². The second-order valence-corrected chi connectivity index (χ2v) is 5.55. The van der Waals surface area contributed by atoms with Crippen molar-refractivity contribution in [1.82, 2.24) is 5.32 Å². The molecule has 2 heteroatoms. The van der Waals surface area contributed by atoms with E-state index in [4.69, 9.17) is 0 Å². The predicted octanol–water partition coefficient (Wildman–Crippen LogP) is 4.87. The quantitative estimate of drug-likeness (QED) is 0.607. The minimum atomic E-state index is 0.0612. The van der Waals surface area contributed by atoms with Crippen LogP contribution in [0.5, 0.6) is 0 Å². The van der Waals surface area contributed by atoms with Crippen LogP contribution in [0, 0.1) is 6.92 Å². The zero-order valence-corrected chi connectivity index (χ0v) is 13.1. The van der Waals surface area contributed by atoms with Crippen LogP contribution in [0.4, 0.5) is 0 Å². The third kappa shape index (κ3) is 6.74. The van der Waals surface area contributed by atoms with Crippen molar-refractivity contribution in [2.75, 3.05) is 6.54 Å². The molecule has 0 aliphatic heterocycles. The van der Waals surface area contributed by atoms with Gasteiger partial charge in [-0.1, -0.05) is 70.1 Å². The number of unbranched alkanes of at least 4 members (excludes halogenated alkanes) is 7. The molecule has 1 rings (SSSR count). The maximum Gasteiger partial charge on any atom is 0.251 e.